The Morgan fingerprint density at radius 3 is 2.50 bits per heavy atom. The van der Waals surface area contributed by atoms with Crippen molar-refractivity contribution in [2.75, 3.05) is 40.5 Å². The summed E-state index contributed by atoms with van der Waals surface area (Å²) < 4.78 is 31.9. The molecule has 0 radical (unpaired) electrons. The number of nitrogens with zero attached hydrogens (tertiary/aromatic N) is 2. The molecule has 1 aliphatic heterocycles. The van der Waals surface area contributed by atoms with Crippen molar-refractivity contribution in [1.29, 1.82) is 0 Å². The molecule has 1 aliphatic rings. The molecule has 1 aromatic heterocycles. The second-order valence-corrected chi connectivity index (χ2v) is 11.7. The van der Waals surface area contributed by atoms with Crippen LogP contribution >= 0.6 is 0 Å². The van der Waals surface area contributed by atoms with E-state index >= 15 is 0 Å². The quantitative estimate of drug-likeness (QED) is 0.132. The Bertz CT molecular complexity index is 1660. The van der Waals surface area contributed by atoms with Gasteiger partial charge in [-0.25, -0.2) is 4.98 Å². The van der Waals surface area contributed by atoms with Crippen LogP contribution in [0.1, 0.15) is 29.0 Å². The fourth-order valence-electron chi connectivity index (χ4n) is 6.39. The standard InChI is InChI=1S/C38H43N3O5/c1-42-35-11-6-4-9-31(35)26-44-18-7-19-45-33-14-12-29(13-15-33)38-32(24-41-17-16-39-27-41)22-40-23-37(38)46-25-28-20-30-8-3-5-10-34(30)36(21-28)43-2/h3-6,8-17,20-21,27,32,37-38,40H,7,18-19,22-26H2,1-2H3/t32-,37-,38-/m0/s1. The van der Waals surface area contributed by atoms with Gasteiger partial charge in [0.2, 0.25) is 0 Å². The van der Waals surface area contributed by atoms with Crippen molar-refractivity contribution in [3.05, 3.63) is 120 Å². The lowest BCUT2D eigenvalue weighted by Crippen LogP contribution is -2.48. The number of hydrogen-bond acceptors (Lipinski definition) is 7. The Balaban J connectivity index is 1.09. The van der Waals surface area contributed by atoms with Crippen LogP contribution in [0.4, 0.5) is 0 Å². The monoisotopic (exact) mass is 621 g/mol. The number of para-hydroxylation sites is 1. The summed E-state index contributed by atoms with van der Waals surface area (Å²) in [7, 11) is 3.40. The smallest absolute Gasteiger partial charge is 0.127 e. The minimum absolute atomic E-state index is 0.00751. The molecule has 46 heavy (non-hydrogen) atoms. The van der Waals surface area contributed by atoms with Crippen molar-refractivity contribution in [2.45, 2.75) is 38.2 Å². The van der Waals surface area contributed by atoms with Gasteiger partial charge in [-0.15, -0.1) is 0 Å². The number of nitrogens with one attached hydrogen (secondary N) is 1. The Morgan fingerprint density at radius 2 is 1.67 bits per heavy atom. The maximum absolute atomic E-state index is 6.72. The molecule has 240 valence electrons. The SMILES string of the molecule is COc1ccccc1COCCCOc1ccc([C@H]2[C@H](Cn3ccnc3)CNC[C@@H]2OCc2cc(OC)c3ccccc3c2)cc1. The minimum atomic E-state index is -0.00751. The maximum atomic E-state index is 6.72. The van der Waals surface area contributed by atoms with Crippen LogP contribution in [0.15, 0.2) is 104 Å². The predicted molar refractivity (Wildman–Crippen MR) is 180 cm³/mol. The van der Waals surface area contributed by atoms with Crippen LogP contribution in [0.2, 0.25) is 0 Å². The van der Waals surface area contributed by atoms with Gasteiger partial charge in [-0.3, -0.25) is 0 Å². The van der Waals surface area contributed by atoms with E-state index < -0.39 is 0 Å². The van der Waals surface area contributed by atoms with Gasteiger partial charge in [-0.1, -0.05) is 54.6 Å². The Morgan fingerprint density at radius 1 is 0.848 bits per heavy atom. The molecule has 6 rings (SSSR count). The van der Waals surface area contributed by atoms with Crippen LogP contribution in [0, 0.1) is 5.92 Å². The lowest BCUT2D eigenvalue weighted by Gasteiger charge is -2.39. The number of imidazole rings is 1. The van der Waals surface area contributed by atoms with Gasteiger partial charge in [0, 0.05) is 55.3 Å². The highest BCUT2D eigenvalue weighted by molar-refractivity contribution is 5.89. The summed E-state index contributed by atoms with van der Waals surface area (Å²) in [6, 6.07) is 29.1. The summed E-state index contributed by atoms with van der Waals surface area (Å²) in [5.74, 6) is 3.09. The fraction of sp³-hybridized carbons (Fsp3) is 0.342. The van der Waals surface area contributed by atoms with Gasteiger partial charge in [0.25, 0.3) is 0 Å². The topological polar surface area (TPSA) is 76.0 Å². The third-order valence-electron chi connectivity index (χ3n) is 8.65. The van der Waals surface area contributed by atoms with E-state index in [-0.39, 0.29) is 12.0 Å². The van der Waals surface area contributed by atoms with E-state index in [1.807, 2.05) is 49.1 Å². The summed E-state index contributed by atoms with van der Waals surface area (Å²) in [5.41, 5.74) is 3.40. The molecule has 0 aliphatic carbocycles. The van der Waals surface area contributed by atoms with Gasteiger partial charge in [0.05, 0.1) is 53.1 Å². The number of fused-ring (bicyclic) bond motifs is 1. The molecule has 5 aromatic rings. The zero-order valence-electron chi connectivity index (χ0n) is 26.6. The molecule has 8 nitrogen and oxygen atoms in total. The van der Waals surface area contributed by atoms with Crippen LogP contribution in [0.5, 0.6) is 17.2 Å². The van der Waals surface area contributed by atoms with Crippen LogP contribution in [0.25, 0.3) is 10.8 Å². The number of piperidine rings is 1. The van der Waals surface area contributed by atoms with Crippen molar-refractivity contribution >= 4 is 10.8 Å². The van der Waals surface area contributed by atoms with Gasteiger partial charge >= 0.3 is 0 Å². The third-order valence-corrected chi connectivity index (χ3v) is 8.65. The first-order chi connectivity index (χ1) is 22.7. The zero-order chi connectivity index (χ0) is 31.6. The number of ether oxygens (including phenoxy) is 5. The Hall–Kier alpha value is -4.37. The molecule has 3 atom stereocenters. The predicted octanol–water partition coefficient (Wildman–Crippen LogP) is 6.63. The van der Waals surface area contributed by atoms with Gasteiger partial charge in [0.15, 0.2) is 0 Å². The molecule has 1 saturated heterocycles. The normalized spacial score (nSPS) is 18.0. The molecule has 0 spiro atoms. The molecule has 0 unspecified atom stereocenters. The fourth-order valence-corrected chi connectivity index (χ4v) is 6.39. The first-order valence-electron chi connectivity index (χ1n) is 16.0. The van der Waals surface area contributed by atoms with Crippen molar-refractivity contribution in [3.8, 4) is 17.2 Å². The molecular formula is C38H43N3O5. The van der Waals surface area contributed by atoms with Gasteiger partial charge in [-0.2, -0.15) is 0 Å². The number of benzene rings is 4. The Labute approximate surface area is 271 Å². The molecule has 2 heterocycles. The van der Waals surface area contributed by atoms with Crippen LogP contribution in [-0.2, 0) is 29.2 Å². The molecule has 4 aromatic carbocycles. The number of hydrogen-bond donors (Lipinski definition) is 1. The lowest BCUT2D eigenvalue weighted by atomic mass is 9.79. The Kier molecular flexibility index (Phi) is 10.8. The van der Waals surface area contributed by atoms with E-state index in [0.29, 0.717) is 32.3 Å². The molecule has 1 fully saturated rings. The van der Waals surface area contributed by atoms with E-state index in [9.17, 15) is 0 Å². The highest BCUT2D eigenvalue weighted by Crippen LogP contribution is 2.36. The lowest BCUT2D eigenvalue weighted by molar-refractivity contribution is -0.00860. The summed E-state index contributed by atoms with van der Waals surface area (Å²) >= 11 is 0. The van der Waals surface area contributed by atoms with Gasteiger partial charge in [-0.05, 0) is 52.8 Å². The molecule has 0 saturated carbocycles. The highest BCUT2D eigenvalue weighted by Gasteiger charge is 2.35. The van der Waals surface area contributed by atoms with Crippen molar-refractivity contribution in [2.24, 2.45) is 5.92 Å². The van der Waals surface area contributed by atoms with E-state index in [1.54, 1.807) is 14.2 Å². The van der Waals surface area contributed by atoms with E-state index in [4.69, 9.17) is 23.7 Å². The average Bonchev–Trinajstić information content (AvgIpc) is 3.62. The summed E-state index contributed by atoms with van der Waals surface area (Å²) in [6.07, 6.45) is 6.54. The molecule has 0 bridgehead atoms. The molecule has 1 N–H and O–H groups in total. The van der Waals surface area contributed by atoms with Crippen LogP contribution < -0.4 is 19.5 Å². The second kappa shape index (κ2) is 15.8. The minimum Gasteiger partial charge on any atom is -0.496 e. The van der Waals surface area contributed by atoms with Crippen molar-refractivity contribution in [3.63, 3.8) is 0 Å². The number of aromatic nitrogens is 2. The molecule has 0 amide bonds. The summed E-state index contributed by atoms with van der Waals surface area (Å²) in [5, 5.41) is 5.89. The van der Waals surface area contributed by atoms with Crippen molar-refractivity contribution in [1.82, 2.24) is 14.9 Å². The maximum Gasteiger partial charge on any atom is 0.127 e. The molecular weight excluding hydrogens is 578 g/mol. The van der Waals surface area contributed by atoms with E-state index in [1.165, 1.54) is 5.56 Å². The second-order valence-electron chi connectivity index (χ2n) is 11.7. The summed E-state index contributed by atoms with van der Waals surface area (Å²) in [6.45, 7) is 4.76. The van der Waals surface area contributed by atoms with E-state index in [2.05, 4.69) is 69.5 Å². The zero-order valence-corrected chi connectivity index (χ0v) is 26.6. The summed E-state index contributed by atoms with van der Waals surface area (Å²) in [4.78, 5) is 4.27. The van der Waals surface area contributed by atoms with Gasteiger partial charge < -0.3 is 33.6 Å². The first kappa shape index (κ1) is 31.6. The van der Waals surface area contributed by atoms with Crippen LogP contribution in [-0.4, -0.2) is 56.2 Å². The number of methoxy groups -OCH3 is 2. The molecule has 8 heteroatoms. The van der Waals surface area contributed by atoms with Crippen molar-refractivity contribution < 1.29 is 23.7 Å². The van der Waals surface area contributed by atoms with Crippen LogP contribution in [0.3, 0.4) is 0 Å². The highest BCUT2D eigenvalue weighted by atomic mass is 16.5. The average molecular weight is 622 g/mol. The number of rotatable bonds is 15. The largest absolute Gasteiger partial charge is 0.496 e. The first-order valence-corrected chi connectivity index (χ1v) is 16.0. The third kappa shape index (κ3) is 7.88. The van der Waals surface area contributed by atoms with Gasteiger partial charge in [0.1, 0.15) is 17.2 Å². The van der Waals surface area contributed by atoms with E-state index in [0.717, 1.165) is 65.2 Å².